The van der Waals surface area contributed by atoms with Gasteiger partial charge >= 0.3 is 6.18 Å². The molecule has 0 aromatic carbocycles. The molecule has 174 valence electrons. The minimum atomic E-state index is -4.59. The number of nitrogens with zero attached hydrogens (tertiary/aromatic N) is 2. The number of pyridine rings is 1. The number of hydrogen-bond acceptors (Lipinski definition) is 4. The number of rotatable bonds is 5. The van der Waals surface area contributed by atoms with Gasteiger partial charge in [-0.3, -0.25) is 14.4 Å². The van der Waals surface area contributed by atoms with Gasteiger partial charge in [0, 0.05) is 36.2 Å². The molecule has 1 aliphatic carbocycles. The lowest BCUT2D eigenvalue weighted by Crippen LogP contribution is -2.52. The highest BCUT2D eigenvalue weighted by atomic mass is 19.4. The first-order valence-electron chi connectivity index (χ1n) is 10.8. The van der Waals surface area contributed by atoms with Crippen LogP contribution in [0.4, 0.5) is 13.2 Å². The van der Waals surface area contributed by atoms with Gasteiger partial charge in [-0.05, 0) is 31.9 Å². The van der Waals surface area contributed by atoms with Crippen LogP contribution in [0.2, 0.25) is 0 Å². The second-order valence-corrected chi connectivity index (χ2v) is 8.72. The summed E-state index contributed by atoms with van der Waals surface area (Å²) in [5.41, 5.74) is 0.558. The van der Waals surface area contributed by atoms with Gasteiger partial charge in [-0.2, -0.15) is 13.2 Å². The second-order valence-electron chi connectivity index (χ2n) is 8.72. The number of hydrogen-bond donors (Lipinski definition) is 2. The zero-order valence-electron chi connectivity index (χ0n) is 17.6. The molecule has 2 aliphatic heterocycles. The van der Waals surface area contributed by atoms with Gasteiger partial charge < -0.3 is 19.9 Å². The summed E-state index contributed by atoms with van der Waals surface area (Å²) >= 11 is 0. The summed E-state index contributed by atoms with van der Waals surface area (Å²) in [6.07, 6.45) is 1.14. The highest BCUT2D eigenvalue weighted by Crippen LogP contribution is 2.50. The SMILES string of the molecule is C/C=C/c1ccc2n(c1=O)C[C@@H]1[C@@H](CO)[C@H](C(=O)NCC(F)(F)F)[C@H]2N1C(=O)C1CCC1. The molecule has 3 aliphatic rings. The number of nitrogens with one attached hydrogen (secondary N) is 1. The summed E-state index contributed by atoms with van der Waals surface area (Å²) in [4.78, 5) is 40.8. The van der Waals surface area contributed by atoms with Crippen molar-refractivity contribution in [3.05, 3.63) is 39.8 Å². The molecule has 2 fully saturated rings. The van der Waals surface area contributed by atoms with Crippen molar-refractivity contribution in [2.24, 2.45) is 17.8 Å². The summed E-state index contributed by atoms with van der Waals surface area (Å²) in [5, 5.41) is 12.0. The molecule has 0 radical (unpaired) electrons. The number of fused-ring (bicyclic) bond motifs is 4. The van der Waals surface area contributed by atoms with Crippen LogP contribution >= 0.6 is 0 Å². The standard InChI is InChI=1S/C22H26F3N3O4/c1-2-4-12-7-8-15-18-17(19(30)26-11-22(23,24)25)14(10-29)16(9-27(15)20(12)31)28(18)21(32)13-5-3-6-13/h2,4,7-8,13-14,16-18,29H,3,5-6,9-11H2,1H3,(H,26,30)/b4-2+/t14-,16-,17+,18+/m1/s1. The van der Waals surface area contributed by atoms with Gasteiger partial charge in [0.2, 0.25) is 11.8 Å². The molecular formula is C22H26F3N3O4. The third kappa shape index (κ3) is 3.74. The van der Waals surface area contributed by atoms with Crippen LogP contribution in [0.25, 0.3) is 6.08 Å². The zero-order valence-corrected chi connectivity index (χ0v) is 17.6. The molecule has 7 nitrogen and oxygen atoms in total. The maximum atomic E-state index is 13.3. The van der Waals surface area contributed by atoms with Crippen LogP contribution < -0.4 is 10.9 Å². The van der Waals surface area contributed by atoms with E-state index in [2.05, 4.69) is 0 Å². The number of alkyl halides is 3. The number of aliphatic hydroxyl groups is 1. The number of amides is 2. The van der Waals surface area contributed by atoms with Gasteiger partial charge in [0.1, 0.15) is 6.54 Å². The Hall–Kier alpha value is -2.62. The van der Waals surface area contributed by atoms with E-state index in [1.807, 2.05) is 5.32 Å². The quantitative estimate of drug-likeness (QED) is 0.712. The van der Waals surface area contributed by atoms with E-state index in [-0.39, 0.29) is 23.9 Å². The number of halogens is 3. The average molecular weight is 453 g/mol. The topological polar surface area (TPSA) is 91.6 Å². The normalized spacial score (nSPS) is 27.3. The predicted molar refractivity (Wildman–Crippen MR) is 109 cm³/mol. The highest BCUT2D eigenvalue weighted by Gasteiger charge is 2.58. The fourth-order valence-electron chi connectivity index (χ4n) is 5.20. The van der Waals surface area contributed by atoms with Crippen LogP contribution in [-0.4, -0.2) is 51.8 Å². The van der Waals surface area contributed by atoms with Crippen LogP contribution in [0.3, 0.4) is 0 Å². The van der Waals surface area contributed by atoms with Crippen molar-refractivity contribution in [1.29, 1.82) is 0 Å². The van der Waals surface area contributed by atoms with Gasteiger partial charge in [0.05, 0.1) is 18.0 Å². The number of carbonyl (C=O) groups is 2. The van der Waals surface area contributed by atoms with Gasteiger partial charge in [-0.25, -0.2) is 0 Å². The Balaban J connectivity index is 1.79. The van der Waals surface area contributed by atoms with Crippen LogP contribution in [0, 0.1) is 17.8 Å². The van der Waals surface area contributed by atoms with Crippen molar-refractivity contribution in [3.63, 3.8) is 0 Å². The molecule has 4 atom stereocenters. The fourth-order valence-corrected chi connectivity index (χ4v) is 5.20. The summed E-state index contributed by atoms with van der Waals surface area (Å²) in [5.74, 6) is -3.10. The molecule has 0 unspecified atom stereocenters. The first-order valence-corrected chi connectivity index (χ1v) is 10.8. The van der Waals surface area contributed by atoms with Crippen LogP contribution in [-0.2, 0) is 16.1 Å². The van der Waals surface area contributed by atoms with E-state index in [0.29, 0.717) is 11.3 Å². The highest BCUT2D eigenvalue weighted by molar-refractivity contribution is 5.85. The van der Waals surface area contributed by atoms with E-state index in [1.54, 1.807) is 36.1 Å². The first kappa shape index (κ1) is 22.6. The molecule has 2 bridgehead atoms. The summed E-state index contributed by atoms with van der Waals surface area (Å²) in [6.45, 7) is -0.121. The lowest BCUT2D eigenvalue weighted by molar-refractivity contribution is -0.145. The summed E-state index contributed by atoms with van der Waals surface area (Å²) in [7, 11) is 0. The van der Waals surface area contributed by atoms with Crippen LogP contribution in [0.1, 0.15) is 43.5 Å². The molecule has 1 saturated heterocycles. The van der Waals surface area contributed by atoms with E-state index in [4.69, 9.17) is 0 Å². The Morgan fingerprint density at radius 3 is 2.56 bits per heavy atom. The molecule has 32 heavy (non-hydrogen) atoms. The molecular weight excluding hydrogens is 427 g/mol. The smallest absolute Gasteiger partial charge is 0.396 e. The third-order valence-electron chi connectivity index (χ3n) is 6.89. The molecule has 10 heteroatoms. The van der Waals surface area contributed by atoms with E-state index in [0.717, 1.165) is 19.3 Å². The van der Waals surface area contributed by atoms with E-state index in [1.165, 1.54) is 4.57 Å². The monoisotopic (exact) mass is 453 g/mol. The minimum absolute atomic E-state index is 0.0861. The predicted octanol–water partition coefficient (Wildman–Crippen LogP) is 1.85. The van der Waals surface area contributed by atoms with Gasteiger partial charge in [0.15, 0.2) is 0 Å². The Labute approximate surface area is 182 Å². The lowest BCUT2D eigenvalue weighted by atomic mass is 9.83. The second kappa shape index (κ2) is 8.38. The number of allylic oxidation sites excluding steroid dienone is 1. The summed E-state index contributed by atoms with van der Waals surface area (Å²) in [6, 6.07) is 1.70. The van der Waals surface area contributed by atoms with Gasteiger partial charge in [-0.15, -0.1) is 0 Å². The zero-order chi connectivity index (χ0) is 23.2. The number of carbonyl (C=O) groups excluding carboxylic acids is 2. The number of aliphatic hydroxyl groups excluding tert-OH is 1. The molecule has 1 saturated carbocycles. The molecule has 2 N–H and O–H groups in total. The van der Waals surface area contributed by atoms with Crippen LogP contribution in [0.5, 0.6) is 0 Å². The number of aromatic nitrogens is 1. The van der Waals surface area contributed by atoms with Crippen molar-refractivity contribution >= 4 is 17.9 Å². The molecule has 1 aromatic rings. The lowest BCUT2D eigenvalue weighted by Gasteiger charge is -2.41. The maximum Gasteiger partial charge on any atom is 0.405 e. The van der Waals surface area contributed by atoms with Crippen molar-refractivity contribution in [2.45, 2.75) is 51.0 Å². The van der Waals surface area contributed by atoms with Crippen molar-refractivity contribution in [3.8, 4) is 0 Å². The first-order chi connectivity index (χ1) is 15.2. The molecule has 1 aromatic heterocycles. The van der Waals surface area contributed by atoms with Crippen molar-refractivity contribution in [2.75, 3.05) is 13.2 Å². The largest absolute Gasteiger partial charge is 0.405 e. The maximum absolute atomic E-state index is 13.3. The third-order valence-corrected chi connectivity index (χ3v) is 6.89. The van der Waals surface area contributed by atoms with Gasteiger partial charge in [-0.1, -0.05) is 18.6 Å². The Morgan fingerprint density at radius 2 is 2.00 bits per heavy atom. The Bertz CT molecular complexity index is 999. The summed E-state index contributed by atoms with van der Waals surface area (Å²) < 4.78 is 39.7. The van der Waals surface area contributed by atoms with Crippen LogP contribution in [0.15, 0.2) is 23.0 Å². The fraction of sp³-hybridized carbons (Fsp3) is 0.591. The average Bonchev–Trinajstić information content (AvgIpc) is 2.93. The Kier molecular flexibility index (Phi) is 5.91. The van der Waals surface area contributed by atoms with E-state index in [9.17, 15) is 32.7 Å². The van der Waals surface area contributed by atoms with E-state index >= 15 is 0 Å². The molecule has 0 spiro atoms. The van der Waals surface area contributed by atoms with Gasteiger partial charge in [0.25, 0.3) is 5.56 Å². The molecule has 4 rings (SSSR count). The van der Waals surface area contributed by atoms with E-state index < -0.39 is 49.2 Å². The minimum Gasteiger partial charge on any atom is -0.396 e. The Morgan fingerprint density at radius 1 is 1.28 bits per heavy atom. The molecule has 3 heterocycles. The van der Waals surface area contributed by atoms with Crippen molar-refractivity contribution < 1.29 is 27.9 Å². The van der Waals surface area contributed by atoms with Crippen molar-refractivity contribution in [1.82, 2.24) is 14.8 Å². The molecule has 2 amide bonds.